The van der Waals surface area contributed by atoms with E-state index in [9.17, 15) is 43.2 Å². The molecule has 0 aromatic carbocycles. The first-order chi connectivity index (χ1) is 43.9. The van der Waals surface area contributed by atoms with Gasteiger partial charge >= 0.3 is 39.5 Å². The van der Waals surface area contributed by atoms with Crippen LogP contribution in [0.2, 0.25) is 0 Å². The Hall–Kier alpha value is -1.94. The van der Waals surface area contributed by atoms with Crippen molar-refractivity contribution in [2.24, 2.45) is 11.8 Å². The standard InChI is InChI=1S/C72H140O17P2/c1-7-9-11-13-15-17-19-24-32-38-44-50-56-71(76)88-67(60-82-69(74)54-48-42-36-30-22-18-16-14-12-10-8-2)62-86-90(78,79)84-58-66(73)59-85-91(80,81)87-63-68(61-83-70(75)55-49-43-37-31-27-26-29-35-41-47-53-65(5)6)89-72(77)57-51-45-39-33-25-21-20-23-28-34-40-46-52-64(3)4/h64-68,73H,7-63H2,1-6H3,(H,78,79)(H,80,81)/t66-,67+,68+/m0/s1. The van der Waals surface area contributed by atoms with Gasteiger partial charge in [-0.05, 0) is 37.5 Å². The van der Waals surface area contributed by atoms with Gasteiger partial charge in [-0.3, -0.25) is 37.3 Å². The highest BCUT2D eigenvalue weighted by Gasteiger charge is 2.30. The van der Waals surface area contributed by atoms with Gasteiger partial charge in [-0.1, -0.05) is 318 Å². The summed E-state index contributed by atoms with van der Waals surface area (Å²) >= 11 is 0. The van der Waals surface area contributed by atoms with E-state index in [1.165, 1.54) is 186 Å². The van der Waals surface area contributed by atoms with Crippen LogP contribution >= 0.6 is 15.6 Å². The third-order valence-electron chi connectivity index (χ3n) is 16.7. The second kappa shape index (κ2) is 64.1. The van der Waals surface area contributed by atoms with E-state index in [0.29, 0.717) is 25.7 Å². The van der Waals surface area contributed by atoms with Crippen LogP contribution in [0.4, 0.5) is 0 Å². The van der Waals surface area contributed by atoms with Gasteiger partial charge in [0.2, 0.25) is 0 Å². The minimum atomic E-state index is -4.95. The van der Waals surface area contributed by atoms with E-state index in [4.69, 9.17) is 37.0 Å². The second-order valence-corrected chi connectivity index (χ2v) is 29.8. The van der Waals surface area contributed by atoms with Gasteiger partial charge in [0, 0.05) is 25.7 Å². The quantitative estimate of drug-likeness (QED) is 0.0222. The number of hydrogen-bond acceptors (Lipinski definition) is 15. The smallest absolute Gasteiger partial charge is 0.462 e. The molecule has 0 saturated carbocycles. The molecule has 3 N–H and O–H groups in total. The van der Waals surface area contributed by atoms with Gasteiger partial charge in [0.25, 0.3) is 0 Å². The molecule has 0 aliphatic heterocycles. The number of carbonyl (C=O) groups is 4. The molecule has 0 rings (SSSR count). The van der Waals surface area contributed by atoms with Crippen molar-refractivity contribution in [1.82, 2.24) is 0 Å². The third kappa shape index (κ3) is 66.5. The van der Waals surface area contributed by atoms with E-state index in [1.54, 1.807) is 0 Å². The van der Waals surface area contributed by atoms with Crippen LogP contribution < -0.4 is 0 Å². The number of unbranched alkanes of at least 4 members (excludes halogenated alkanes) is 41. The van der Waals surface area contributed by atoms with Crippen molar-refractivity contribution in [3.63, 3.8) is 0 Å². The van der Waals surface area contributed by atoms with Crippen molar-refractivity contribution in [1.29, 1.82) is 0 Å². The van der Waals surface area contributed by atoms with Crippen LogP contribution in [0.25, 0.3) is 0 Å². The van der Waals surface area contributed by atoms with Gasteiger partial charge in [0.05, 0.1) is 26.4 Å². The maximum Gasteiger partial charge on any atom is 0.472 e. The lowest BCUT2D eigenvalue weighted by atomic mass is 10.0. The number of aliphatic hydroxyl groups excluding tert-OH is 1. The number of esters is 4. The fourth-order valence-electron chi connectivity index (χ4n) is 10.9. The molecule has 0 saturated heterocycles. The highest BCUT2D eigenvalue weighted by Crippen LogP contribution is 2.45. The molecule has 0 aliphatic rings. The number of phosphoric ester groups is 2. The Bertz CT molecular complexity index is 1770. The number of rotatable bonds is 71. The average Bonchev–Trinajstić information content (AvgIpc) is 3.34. The summed E-state index contributed by atoms with van der Waals surface area (Å²) in [6.07, 6.45) is 49.7. The fraction of sp³-hybridized carbons (Fsp3) is 0.944. The van der Waals surface area contributed by atoms with E-state index >= 15 is 0 Å². The molecular formula is C72H140O17P2. The molecule has 5 atom stereocenters. The molecule has 0 aromatic rings. The van der Waals surface area contributed by atoms with Crippen molar-refractivity contribution < 1.29 is 80.2 Å². The minimum Gasteiger partial charge on any atom is -0.462 e. The number of carbonyl (C=O) groups excluding carboxylic acids is 4. The van der Waals surface area contributed by atoms with E-state index < -0.39 is 97.5 Å². The zero-order valence-electron chi connectivity index (χ0n) is 59.1. The summed E-state index contributed by atoms with van der Waals surface area (Å²) in [6, 6.07) is 0. The Morgan fingerprint density at radius 3 is 0.747 bits per heavy atom. The van der Waals surface area contributed by atoms with Gasteiger partial charge in [0.1, 0.15) is 19.3 Å². The molecule has 0 amide bonds. The molecule has 91 heavy (non-hydrogen) atoms. The van der Waals surface area contributed by atoms with Crippen LogP contribution in [-0.2, 0) is 65.4 Å². The monoisotopic (exact) mass is 1340 g/mol. The zero-order valence-corrected chi connectivity index (χ0v) is 60.9. The molecule has 540 valence electrons. The highest BCUT2D eigenvalue weighted by atomic mass is 31.2. The van der Waals surface area contributed by atoms with Crippen LogP contribution in [0.1, 0.15) is 369 Å². The van der Waals surface area contributed by atoms with Crippen molar-refractivity contribution in [3.05, 3.63) is 0 Å². The molecular weight excluding hydrogens is 1200 g/mol. The van der Waals surface area contributed by atoms with Gasteiger partial charge in [0.15, 0.2) is 12.2 Å². The lowest BCUT2D eigenvalue weighted by Gasteiger charge is -2.21. The number of aliphatic hydroxyl groups is 1. The van der Waals surface area contributed by atoms with Crippen molar-refractivity contribution in [3.8, 4) is 0 Å². The number of phosphoric acid groups is 2. The molecule has 0 spiro atoms. The summed E-state index contributed by atoms with van der Waals surface area (Å²) in [7, 11) is -9.90. The van der Waals surface area contributed by atoms with Crippen LogP contribution in [0.3, 0.4) is 0 Å². The van der Waals surface area contributed by atoms with Crippen molar-refractivity contribution in [2.45, 2.75) is 387 Å². The summed E-state index contributed by atoms with van der Waals surface area (Å²) in [5.74, 6) is -0.584. The third-order valence-corrected chi connectivity index (χ3v) is 18.6. The second-order valence-electron chi connectivity index (χ2n) is 26.9. The largest absolute Gasteiger partial charge is 0.472 e. The Kier molecular flexibility index (Phi) is 62.7. The van der Waals surface area contributed by atoms with Gasteiger partial charge in [-0.25, -0.2) is 9.13 Å². The Morgan fingerprint density at radius 2 is 0.505 bits per heavy atom. The maximum atomic E-state index is 13.0. The lowest BCUT2D eigenvalue weighted by Crippen LogP contribution is -2.30. The lowest BCUT2D eigenvalue weighted by molar-refractivity contribution is -0.161. The van der Waals surface area contributed by atoms with Gasteiger partial charge < -0.3 is 33.8 Å². The Labute approximate surface area is 556 Å². The van der Waals surface area contributed by atoms with Gasteiger partial charge in [-0.15, -0.1) is 0 Å². The summed E-state index contributed by atoms with van der Waals surface area (Å²) in [5, 5.41) is 10.6. The zero-order chi connectivity index (χ0) is 67.2. The fourth-order valence-corrected chi connectivity index (χ4v) is 12.5. The number of hydrogen-bond donors (Lipinski definition) is 3. The van der Waals surface area contributed by atoms with Crippen LogP contribution in [-0.4, -0.2) is 96.7 Å². The molecule has 19 heteroatoms. The normalized spacial score (nSPS) is 14.1. The Morgan fingerprint density at radius 1 is 0.297 bits per heavy atom. The van der Waals surface area contributed by atoms with Gasteiger partial charge in [-0.2, -0.15) is 0 Å². The van der Waals surface area contributed by atoms with E-state index in [0.717, 1.165) is 102 Å². The van der Waals surface area contributed by atoms with E-state index in [1.807, 2.05) is 0 Å². The van der Waals surface area contributed by atoms with Crippen LogP contribution in [0.5, 0.6) is 0 Å². The molecule has 17 nitrogen and oxygen atoms in total. The minimum absolute atomic E-state index is 0.107. The maximum absolute atomic E-state index is 13.0. The molecule has 0 heterocycles. The molecule has 0 radical (unpaired) electrons. The Balaban J connectivity index is 5.26. The molecule has 0 aliphatic carbocycles. The van der Waals surface area contributed by atoms with E-state index in [-0.39, 0.29) is 25.7 Å². The predicted octanol–water partition coefficient (Wildman–Crippen LogP) is 20.8. The topological polar surface area (TPSA) is 237 Å². The van der Waals surface area contributed by atoms with Crippen LogP contribution in [0, 0.1) is 11.8 Å². The molecule has 0 bridgehead atoms. The first-order valence-corrected chi connectivity index (χ1v) is 40.5. The number of ether oxygens (including phenoxy) is 4. The van der Waals surface area contributed by atoms with Crippen molar-refractivity contribution in [2.75, 3.05) is 39.6 Å². The highest BCUT2D eigenvalue weighted by molar-refractivity contribution is 7.47. The van der Waals surface area contributed by atoms with Crippen molar-refractivity contribution >= 4 is 39.5 Å². The first kappa shape index (κ1) is 89.1. The summed E-state index contributed by atoms with van der Waals surface area (Å²) in [6.45, 7) is 9.57. The first-order valence-electron chi connectivity index (χ1n) is 37.5. The van der Waals surface area contributed by atoms with Crippen LogP contribution in [0.15, 0.2) is 0 Å². The average molecular weight is 1340 g/mol. The summed E-state index contributed by atoms with van der Waals surface area (Å²) in [4.78, 5) is 72.6. The molecule has 0 fully saturated rings. The molecule has 2 unspecified atom stereocenters. The SMILES string of the molecule is CCCCCCCCCCCCCCC(=O)O[C@H](COC(=O)CCCCCCCCCCCCC)COP(=O)(O)OC[C@H](O)COP(=O)(O)OC[C@@H](COC(=O)CCCCCCCCCCCCC(C)C)OC(=O)CCCCCCCCCCCCCCC(C)C. The predicted molar refractivity (Wildman–Crippen MR) is 368 cm³/mol. The summed E-state index contributed by atoms with van der Waals surface area (Å²) in [5.41, 5.74) is 0. The van der Waals surface area contributed by atoms with E-state index in [2.05, 4.69) is 41.5 Å². The molecule has 0 aromatic heterocycles. The summed E-state index contributed by atoms with van der Waals surface area (Å²) < 4.78 is 68.4.